The van der Waals surface area contributed by atoms with Gasteiger partial charge >= 0.3 is 41.7 Å². The van der Waals surface area contributed by atoms with Crippen LogP contribution < -0.4 is 10.2 Å². The van der Waals surface area contributed by atoms with Crippen LogP contribution >= 0.6 is 0 Å². The summed E-state index contributed by atoms with van der Waals surface area (Å²) in [5.74, 6) is 0. The minimum Gasteiger partial charge on any atom is -0.652 e. The van der Waals surface area contributed by atoms with Gasteiger partial charge in [-0.2, -0.15) is 0 Å². The first-order valence-electron chi connectivity index (χ1n) is 0.612. The van der Waals surface area contributed by atoms with E-state index in [1.54, 1.807) is 0 Å². The fourth-order valence-electron chi connectivity index (χ4n) is 0. The largest absolute Gasteiger partial charge is 3.00 e. The van der Waals surface area contributed by atoms with Crippen LogP contribution in [0.4, 0.5) is 4.79 Å². The van der Waals surface area contributed by atoms with E-state index in [4.69, 9.17) is 15.0 Å². The van der Waals surface area contributed by atoms with Gasteiger partial charge in [0.2, 0.25) is 0 Å². The normalized spacial score (nSPS) is 2.40. The molecule has 10 heavy (non-hydrogen) atoms. The second-order valence-electron chi connectivity index (χ2n) is 0.250. The van der Waals surface area contributed by atoms with Crippen LogP contribution in [0.15, 0.2) is 0 Å². The molecule has 0 aliphatic carbocycles. The van der Waals surface area contributed by atoms with Crippen LogP contribution in [0.2, 0.25) is 0 Å². The molecule has 0 aliphatic heterocycles. The molecule has 0 spiro atoms. The standard InChI is InChI=1S/CH2O3.Ce.5H2O/c2-1(3)4;;;;;;/h(H2,2,3,4);;5*1H2/q;+3;;;;;/p-2. The molecular formula is CH10CeO8+. The van der Waals surface area contributed by atoms with Crippen LogP contribution in [0.3, 0.4) is 0 Å². The van der Waals surface area contributed by atoms with Crippen LogP contribution in [-0.2, 0) is 0 Å². The fraction of sp³-hybridized carbons (Fsp3) is 0. The zero-order valence-electron chi connectivity index (χ0n) is 4.72. The van der Waals surface area contributed by atoms with Crippen molar-refractivity contribution in [2.45, 2.75) is 0 Å². The number of rotatable bonds is 0. The van der Waals surface area contributed by atoms with Gasteiger partial charge in [0.1, 0.15) is 0 Å². The molecule has 10 N–H and O–H groups in total. The van der Waals surface area contributed by atoms with E-state index in [2.05, 4.69) is 0 Å². The van der Waals surface area contributed by atoms with Crippen LogP contribution in [0.5, 0.6) is 0 Å². The Morgan fingerprint density at radius 1 is 0.800 bits per heavy atom. The minimum absolute atomic E-state index is 0. The van der Waals surface area contributed by atoms with Crippen LogP contribution in [0, 0.1) is 41.7 Å². The molecule has 0 amide bonds. The van der Waals surface area contributed by atoms with Gasteiger partial charge in [0.25, 0.3) is 0 Å². The van der Waals surface area contributed by atoms with Crippen molar-refractivity contribution in [2.24, 2.45) is 0 Å². The van der Waals surface area contributed by atoms with Crippen molar-refractivity contribution in [2.75, 3.05) is 0 Å². The number of carbonyl (C=O) groups excluding carboxylic acids is 1. The number of hydrogen-bond acceptors (Lipinski definition) is 3. The Kier molecular flexibility index (Phi) is 445. The van der Waals surface area contributed by atoms with Crippen LogP contribution in [-0.4, -0.2) is 33.5 Å². The molecular weight excluding hydrogens is 280 g/mol. The minimum atomic E-state index is -2.33. The molecule has 0 saturated heterocycles. The monoisotopic (exact) mass is 290 g/mol. The van der Waals surface area contributed by atoms with Crippen molar-refractivity contribution >= 4 is 6.16 Å². The zero-order chi connectivity index (χ0) is 3.58. The molecule has 0 saturated carbocycles. The van der Waals surface area contributed by atoms with Crippen molar-refractivity contribution in [3.8, 4) is 0 Å². The van der Waals surface area contributed by atoms with Gasteiger partial charge < -0.3 is 42.4 Å². The third kappa shape index (κ3) is 2350. The summed E-state index contributed by atoms with van der Waals surface area (Å²) in [6.07, 6.45) is -2.33. The predicted octanol–water partition coefficient (Wildman–Crippen LogP) is -6.57. The first-order valence-corrected chi connectivity index (χ1v) is 0.612. The van der Waals surface area contributed by atoms with Crippen molar-refractivity contribution in [3.05, 3.63) is 0 Å². The van der Waals surface area contributed by atoms with Crippen molar-refractivity contribution in [3.63, 3.8) is 0 Å². The molecule has 0 aromatic carbocycles. The van der Waals surface area contributed by atoms with E-state index in [1.165, 1.54) is 0 Å². The molecule has 65 valence electrons. The summed E-state index contributed by atoms with van der Waals surface area (Å²) in [4.78, 5) is 8.33. The van der Waals surface area contributed by atoms with Crippen molar-refractivity contribution in [1.29, 1.82) is 0 Å². The topological polar surface area (TPSA) is 221 Å². The van der Waals surface area contributed by atoms with Gasteiger partial charge in [-0.3, -0.25) is 0 Å². The summed E-state index contributed by atoms with van der Waals surface area (Å²) in [5, 5.41) is 16.7. The van der Waals surface area contributed by atoms with E-state index in [9.17, 15) is 0 Å². The first kappa shape index (κ1) is 78.5. The number of hydrogen-bond donors (Lipinski definition) is 0. The molecule has 0 atom stereocenters. The molecule has 0 aliphatic rings. The number of carboxylic acid groups (broad SMARTS) is 2. The van der Waals surface area contributed by atoms with Gasteiger partial charge in [-0.25, -0.2) is 0 Å². The van der Waals surface area contributed by atoms with Crippen LogP contribution in [0.1, 0.15) is 0 Å². The zero-order valence-corrected chi connectivity index (χ0v) is 7.86. The Morgan fingerprint density at radius 3 is 0.800 bits per heavy atom. The molecule has 0 rings (SSSR count). The van der Waals surface area contributed by atoms with E-state index in [0.29, 0.717) is 0 Å². The quantitative estimate of drug-likeness (QED) is 0.424. The summed E-state index contributed by atoms with van der Waals surface area (Å²) < 4.78 is 0. The predicted molar refractivity (Wildman–Crippen MR) is 23.5 cm³/mol. The van der Waals surface area contributed by atoms with Gasteiger partial charge in [-0.05, 0) is 6.16 Å². The third-order valence-corrected chi connectivity index (χ3v) is 0. The van der Waals surface area contributed by atoms with E-state index in [-0.39, 0.29) is 69.1 Å². The Labute approximate surface area is 89.8 Å². The third-order valence-electron chi connectivity index (χ3n) is 0. The molecule has 0 aromatic heterocycles. The molecule has 0 aromatic rings. The maximum absolute atomic E-state index is 8.33. The maximum Gasteiger partial charge on any atom is 3.00 e. The van der Waals surface area contributed by atoms with Gasteiger partial charge in [0.15, 0.2) is 0 Å². The van der Waals surface area contributed by atoms with E-state index >= 15 is 0 Å². The Morgan fingerprint density at radius 2 is 0.800 bits per heavy atom. The smallest absolute Gasteiger partial charge is 0.652 e. The second-order valence-corrected chi connectivity index (χ2v) is 0.250. The SMILES string of the molecule is O.O.O.O.O.O=C([O-])[O-].[Ce+3]. The van der Waals surface area contributed by atoms with Gasteiger partial charge in [0.05, 0.1) is 0 Å². The maximum atomic E-state index is 8.33. The molecule has 8 nitrogen and oxygen atoms in total. The summed E-state index contributed by atoms with van der Waals surface area (Å²) in [6.45, 7) is 0. The molecule has 0 heterocycles. The van der Waals surface area contributed by atoms with E-state index < -0.39 is 6.16 Å². The summed E-state index contributed by atoms with van der Waals surface area (Å²) in [6, 6.07) is 0. The molecule has 0 unspecified atom stereocenters. The van der Waals surface area contributed by atoms with E-state index in [0.717, 1.165) is 0 Å². The first-order chi connectivity index (χ1) is 1.73. The van der Waals surface area contributed by atoms with Crippen LogP contribution in [0.25, 0.3) is 0 Å². The van der Waals surface area contributed by atoms with Crippen molar-refractivity contribution < 1.29 is 84.1 Å². The molecule has 0 bridgehead atoms. The molecule has 1 radical (unpaired) electrons. The van der Waals surface area contributed by atoms with Crippen molar-refractivity contribution in [1.82, 2.24) is 0 Å². The summed E-state index contributed by atoms with van der Waals surface area (Å²) in [7, 11) is 0. The fourth-order valence-corrected chi connectivity index (χ4v) is 0. The molecule has 0 fully saturated rings. The van der Waals surface area contributed by atoms with Gasteiger partial charge in [-0.15, -0.1) is 0 Å². The Hall–Kier alpha value is 0.447. The van der Waals surface area contributed by atoms with Gasteiger partial charge in [0, 0.05) is 0 Å². The Balaban J connectivity index is -0.00000000300. The Bertz CT molecular complexity index is 32.2. The average Bonchev–Trinajstić information content (AvgIpc) is 0.811. The van der Waals surface area contributed by atoms with Gasteiger partial charge in [-0.1, -0.05) is 0 Å². The summed E-state index contributed by atoms with van der Waals surface area (Å²) in [5.41, 5.74) is 0. The molecule has 9 heteroatoms. The number of carbonyl (C=O) groups is 1. The summed E-state index contributed by atoms with van der Waals surface area (Å²) >= 11 is 0. The second kappa shape index (κ2) is 56.7. The average molecular weight is 290 g/mol. The van der Waals surface area contributed by atoms with E-state index in [1.807, 2.05) is 0 Å².